The number of anilines is 2. The van der Waals surface area contributed by atoms with E-state index in [0.717, 1.165) is 16.1 Å². The van der Waals surface area contributed by atoms with Crippen molar-refractivity contribution < 1.29 is 4.79 Å². The van der Waals surface area contributed by atoms with Crippen LogP contribution in [-0.4, -0.2) is 12.2 Å². The third kappa shape index (κ3) is 3.51. The van der Waals surface area contributed by atoms with Crippen molar-refractivity contribution in [3.63, 3.8) is 0 Å². The molecule has 0 saturated carbocycles. The largest absolute Gasteiger partial charge is 0.398 e. The molecule has 2 rings (SSSR count). The Morgan fingerprint density at radius 1 is 1.16 bits per heavy atom. The van der Waals surface area contributed by atoms with Crippen LogP contribution in [-0.2, 0) is 11.2 Å². The maximum atomic E-state index is 12.0. The monoisotopic (exact) mass is 272 g/mol. The van der Waals surface area contributed by atoms with Crippen molar-refractivity contribution in [3.05, 3.63) is 54.1 Å². The van der Waals surface area contributed by atoms with Crippen LogP contribution in [0.4, 0.5) is 11.4 Å². The first kappa shape index (κ1) is 13.5. The summed E-state index contributed by atoms with van der Waals surface area (Å²) in [5.41, 5.74) is 8.17. The second-order valence-corrected chi connectivity index (χ2v) is 4.97. The molecule has 0 radical (unpaired) electrons. The van der Waals surface area contributed by atoms with Crippen LogP contribution in [0.15, 0.2) is 53.4 Å². The molecule has 0 atom stereocenters. The predicted molar refractivity (Wildman–Crippen MR) is 81.4 cm³/mol. The Labute approximate surface area is 117 Å². The Kier molecular flexibility index (Phi) is 4.47. The van der Waals surface area contributed by atoms with Crippen molar-refractivity contribution in [2.45, 2.75) is 11.3 Å². The highest BCUT2D eigenvalue weighted by atomic mass is 32.2. The molecule has 0 aliphatic heterocycles. The van der Waals surface area contributed by atoms with Gasteiger partial charge in [0.15, 0.2) is 0 Å². The van der Waals surface area contributed by atoms with Gasteiger partial charge in [0.25, 0.3) is 0 Å². The Morgan fingerprint density at radius 3 is 2.58 bits per heavy atom. The van der Waals surface area contributed by atoms with Gasteiger partial charge in [0.05, 0.1) is 12.1 Å². The van der Waals surface area contributed by atoms with E-state index in [1.54, 1.807) is 17.8 Å². The fourth-order valence-electron chi connectivity index (χ4n) is 1.81. The van der Waals surface area contributed by atoms with Crippen molar-refractivity contribution in [1.29, 1.82) is 0 Å². The van der Waals surface area contributed by atoms with Gasteiger partial charge in [0, 0.05) is 10.6 Å². The van der Waals surface area contributed by atoms with Crippen molar-refractivity contribution >= 4 is 29.0 Å². The molecule has 0 unspecified atom stereocenters. The minimum Gasteiger partial charge on any atom is -0.398 e. The highest BCUT2D eigenvalue weighted by Gasteiger charge is 2.08. The summed E-state index contributed by atoms with van der Waals surface area (Å²) in [6.45, 7) is 0. The van der Waals surface area contributed by atoms with E-state index in [1.807, 2.05) is 48.7 Å². The fourth-order valence-corrected chi connectivity index (χ4v) is 2.36. The number of amides is 1. The molecule has 3 N–H and O–H groups in total. The van der Waals surface area contributed by atoms with Gasteiger partial charge in [0.1, 0.15) is 0 Å². The number of hydrogen-bond donors (Lipinski definition) is 2. The topological polar surface area (TPSA) is 55.1 Å². The minimum atomic E-state index is -0.0561. The highest BCUT2D eigenvalue weighted by Crippen LogP contribution is 2.24. The Hall–Kier alpha value is -1.94. The molecule has 0 aliphatic rings. The van der Waals surface area contributed by atoms with E-state index in [-0.39, 0.29) is 12.3 Å². The number of benzene rings is 2. The fraction of sp³-hybridized carbons (Fsp3) is 0.133. The highest BCUT2D eigenvalue weighted by molar-refractivity contribution is 7.98. The summed E-state index contributed by atoms with van der Waals surface area (Å²) in [7, 11) is 0. The van der Waals surface area contributed by atoms with Crippen LogP contribution in [0.3, 0.4) is 0 Å². The minimum absolute atomic E-state index is 0.0561. The average molecular weight is 272 g/mol. The third-order valence-electron chi connectivity index (χ3n) is 2.79. The second-order valence-electron chi connectivity index (χ2n) is 4.12. The van der Waals surface area contributed by atoms with E-state index in [4.69, 9.17) is 5.73 Å². The molecule has 0 heterocycles. The molecule has 0 spiro atoms. The van der Waals surface area contributed by atoms with Gasteiger partial charge in [-0.25, -0.2) is 0 Å². The maximum absolute atomic E-state index is 12.0. The first-order valence-corrected chi connectivity index (χ1v) is 7.19. The maximum Gasteiger partial charge on any atom is 0.228 e. The molecule has 0 aromatic heterocycles. The lowest BCUT2D eigenvalue weighted by molar-refractivity contribution is -0.115. The van der Waals surface area contributed by atoms with Gasteiger partial charge in [-0.05, 0) is 30.0 Å². The van der Waals surface area contributed by atoms with Crippen LogP contribution in [0.2, 0.25) is 0 Å². The second kappa shape index (κ2) is 6.29. The quantitative estimate of drug-likeness (QED) is 0.664. The molecular formula is C15H16N2OS. The van der Waals surface area contributed by atoms with E-state index in [2.05, 4.69) is 5.32 Å². The van der Waals surface area contributed by atoms with Gasteiger partial charge in [-0.3, -0.25) is 4.79 Å². The van der Waals surface area contributed by atoms with Crippen molar-refractivity contribution in [3.8, 4) is 0 Å². The number of hydrogen-bond acceptors (Lipinski definition) is 3. The first-order valence-electron chi connectivity index (χ1n) is 5.97. The number of nitrogens with two attached hydrogens (primary N) is 1. The van der Waals surface area contributed by atoms with Crippen molar-refractivity contribution in [2.75, 3.05) is 17.3 Å². The lowest BCUT2D eigenvalue weighted by Crippen LogP contribution is -2.15. The molecule has 2 aromatic rings. The first-order chi connectivity index (χ1) is 9.20. The molecular weight excluding hydrogens is 256 g/mol. The molecule has 1 amide bonds. The normalized spacial score (nSPS) is 10.2. The predicted octanol–water partition coefficient (Wildman–Crippen LogP) is 3.17. The van der Waals surface area contributed by atoms with Gasteiger partial charge in [0.2, 0.25) is 5.91 Å². The number of nitrogen functional groups attached to an aromatic ring is 1. The molecule has 19 heavy (non-hydrogen) atoms. The van der Waals surface area contributed by atoms with Gasteiger partial charge in [-0.2, -0.15) is 0 Å². The number of thioether (sulfide) groups is 1. The summed E-state index contributed by atoms with van der Waals surface area (Å²) in [5, 5.41) is 2.92. The van der Waals surface area contributed by atoms with Crippen LogP contribution in [0, 0.1) is 0 Å². The lowest BCUT2D eigenvalue weighted by Gasteiger charge is -2.10. The summed E-state index contributed by atoms with van der Waals surface area (Å²) < 4.78 is 0. The van der Waals surface area contributed by atoms with Crippen LogP contribution < -0.4 is 11.1 Å². The van der Waals surface area contributed by atoms with Crippen LogP contribution >= 0.6 is 11.8 Å². The van der Waals surface area contributed by atoms with E-state index >= 15 is 0 Å². The molecule has 3 nitrogen and oxygen atoms in total. The Bertz CT molecular complexity index is 584. The summed E-state index contributed by atoms with van der Waals surface area (Å²) in [4.78, 5) is 13.1. The molecule has 98 valence electrons. The number of carbonyl (C=O) groups is 1. The summed E-state index contributed by atoms with van der Waals surface area (Å²) in [5.74, 6) is -0.0561. The van der Waals surface area contributed by atoms with E-state index in [1.165, 1.54) is 0 Å². The summed E-state index contributed by atoms with van der Waals surface area (Å²) >= 11 is 1.61. The smallest absolute Gasteiger partial charge is 0.228 e. The van der Waals surface area contributed by atoms with E-state index in [9.17, 15) is 4.79 Å². The summed E-state index contributed by atoms with van der Waals surface area (Å²) in [6, 6.07) is 15.2. The third-order valence-corrected chi connectivity index (χ3v) is 3.58. The lowest BCUT2D eigenvalue weighted by atomic mass is 10.1. The number of para-hydroxylation sites is 2. The van der Waals surface area contributed by atoms with E-state index < -0.39 is 0 Å². The zero-order valence-corrected chi connectivity index (χ0v) is 11.5. The standard InChI is InChI=1S/C15H16N2OS/c1-19-14-9-5-4-8-13(14)17-15(18)10-11-6-2-3-7-12(11)16/h2-9H,10,16H2,1H3,(H,17,18). The molecule has 0 bridgehead atoms. The van der Waals surface area contributed by atoms with Gasteiger partial charge < -0.3 is 11.1 Å². The zero-order valence-electron chi connectivity index (χ0n) is 10.7. The molecule has 0 saturated heterocycles. The van der Waals surface area contributed by atoms with Crippen LogP contribution in [0.1, 0.15) is 5.56 Å². The number of nitrogens with one attached hydrogen (secondary N) is 1. The summed E-state index contributed by atoms with van der Waals surface area (Å²) in [6.07, 6.45) is 2.27. The SMILES string of the molecule is CSc1ccccc1NC(=O)Cc1ccccc1N. The van der Waals surface area contributed by atoms with Crippen molar-refractivity contribution in [2.24, 2.45) is 0 Å². The van der Waals surface area contributed by atoms with Gasteiger partial charge >= 0.3 is 0 Å². The number of rotatable bonds is 4. The molecule has 0 fully saturated rings. The van der Waals surface area contributed by atoms with E-state index in [0.29, 0.717) is 5.69 Å². The number of carbonyl (C=O) groups excluding carboxylic acids is 1. The average Bonchev–Trinajstić information content (AvgIpc) is 2.42. The molecule has 4 heteroatoms. The van der Waals surface area contributed by atoms with Crippen LogP contribution in [0.25, 0.3) is 0 Å². The van der Waals surface area contributed by atoms with Crippen molar-refractivity contribution in [1.82, 2.24) is 0 Å². The molecule has 2 aromatic carbocycles. The zero-order chi connectivity index (χ0) is 13.7. The van der Waals surface area contributed by atoms with Crippen LogP contribution in [0.5, 0.6) is 0 Å². The molecule has 0 aliphatic carbocycles. The Balaban J connectivity index is 2.08. The Morgan fingerprint density at radius 2 is 1.84 bits per heavy atom. The van der Waals surface area contributed by atoms with Gasteiger partial charge in [-0.1, -0.05) is 30.3 Å². The van der Waals surface area contributed by atoms with Gasteiger partial charge in [-0.15, -0.1) is 11.8 Å².